The number of methoxy groups -OCH3 is 1. The van der Waals surface area contributed by atoms with Crippen molar-refractivity contribution in [3.05, 3.63) is 101 Å². The fraction of sp³-hybridized carbons (Fsp3) is 0.383. The molecule has 0 fully saturated rings. The first kappa shape index (κ1) is 47.5. The Morgan fingerprint density at radius 2 is 1.47 bits per heavy atom. The molecule has 15 heteroatoms. The third-order valence-electron chi connectivity index (χ3n) is 10.4. The molecular formula is C47H56N2O12S. The predicted octanol–water partition coefficient (Wildman–Crippen LogP) is 6.45. The first-order valence-electron chi connectivity index (χ1n) is 20.1. The van der Waals surface area contributed by atoms with Crippen LogP contribution in [0.5, 0.6) is 23.0 Å². The van der Waals surface area contributed by atoms with Crippen LogP contribution < -0.4 is 19.1 Å². The van der Waals surface area contributed by atoms with Crippen molar-refractivity contribution in [1.82, 2.24) is 4.90 Å². The van der Waals surface area contributed by atoms with Gasteiger partial charge in [0, 0.05) is 47.4 Å². The number of hydrogen-bond acceptors (Lipinski definition) is 13. The number of nitrogens with zero attached hydrogens (tertiary/aromatic N) is 2. The van der Waals surface area contributed by atoms with E-state index in [9.17, 15) is 24.6 Å². The van der Waals surface area contributed by atoms with Crippen LogP contribution in [0.3, 0.4) is 0 Å². The van der Waals surface area contributed by atoms with Crippen LogP contribution in [0.15, 0.2) is 88.7 Å². The van der Waals surface area contributed by atoms with Crippen molar-refractivity contribution in [2.75, 3.05) is 39.2 Å². The highest BCUT2D eigenvalue weighted by molar-refractivity contribution is 7.99. The van der Waals surface area contributed by atoms with Gasteiger partial charge in [-0.1, -0.05) is 49.0 Å². The molecule has 4 aromatic rings. The number of ether oxygens (including phenoxy) is 3. The highest BCUT2D eigenvalue weighted by atomic mass is 32.2. The molecule has 4 atom stereocenters. The van der Waals surface area contributed by atoms with Gasteiger partial charge >= 0.3 is 11.9 Å². The summed E-state index contributed by atoms with van der Waals surface area (Å²) in [5.41, 5.74) is 3.90. The quantitative estimate of drug-likeness (QED) is 0.0896. The summed E-state index contributed by atoms with van der Waals surface area (Å²) in [7, 11) is 5.85. The average Bonchev–Trinajstić information content (AvgIpc) is 3.20. The van der Waals surface area contributed by atoms with Crippen LogP contribution in [0.25, 0.3) is 6.08 Å². The molecule has 0 saturated carbocycles. The molecule has 332 valence electrons. The minimum atomic E-state index is -2.27. The number of rotatable bonds is 11. The van der Waals surface area contributed by atoms with Gasteiger partial charge in [0.05, 0.1) is 35.7 Å². The summed E-state index contributed by atoms with van der Waals surface area (Å²) in [5.74, 6) is -1.55. The number of aromatic hydroxyl groups is 1. The molecule has 6 N–H and O–H groups in total. The molecule has 0 aromatic heterocycles. The smallest absolute Gasteiger partial charge is 0.335 e. The Hall–Kier alpha value is -5.58. The summed E-state index contributed by atoms with van der Waals surface area (Å²) < 4.78 is 17.4. The van der Waals surface area contributed by atoms with Gasteiger partial charge in [0.15, 0.2) is 18.0 Å². The van der Waals surface area contributed by atoms with E-state index in [-0.39, 0.29) is 23.5 Å². The van der Waals surface area contributed by atoms with E-state index in [1.807, 2.05) is 49.9 Å². The summed E-state index contributed by atoms with van der Waals surface area (Å²) in [6, 6.07) is 24.2. The zero-order chi connectivity index (χ0) is 45.7. The van der Waals surface area contributed by atoms with E-state index >= 15 is 0 Å². The Balaban J connectivity index is 0.000000201. The van der Waals surface area contributed by atoms with Gasteiger partial charge in [-0.3, -0.25) is 4.79 Å². The third kappa shape index (κ3) is 11.3. The van der Waals surface area contributed by atoms with E-state index < -0.39 is 41.5 Å². The van der Waals surface area contributed by atoms with Crippen LogP contribution in [0.2, 0.25) is 0 Å². The number of aliphatic carboxylic acids is 2. The molecule has 7 rings (SSSR count). The molecular weight excluding hydrogens is 817 g/mol. The van der Waals surface area contributed by atoms with Crippen LogP contribution in [0, 0.1) is 5.92 Å². The number of aliphatic hydroxyl groups is 3. The maximum absolute atomic E-state index is 13.1. The summed E-state index contributed by atoms with van der Waals surface area (Å²) >= 11 is 1.88. The number of para-hydroxylation sites is 2. The topological polar surface area (TPSA) is 207 Å². The maximum atomic E-state index is 13.1. The number of aliphatic hydroxyl groups excluding tert-OH is 3. The summed E-state index contributed by atoms with van der Waals surface area (Å²) in [6.07, 6.45) is -0.939. The van der Waals surface area contributed by atoms with E-state index in [1.165, 1.54) is 27.2 Å². The second-order valence-electron chi connectivity index (χ2n) is 16.8. The lowest BCUT2D eigenvalue weighted by atomic mass is 9.89. The minimum Gasteiger partial charge on any atom is -0.507 e. The molecule has 3 aliphatic rings. The zero-order valence-electron chi connectivity index (χ0n) is 36.2. The molecule has 62 heavy (non-hydrogen) atoms. The summed E-state index contributed by atoms with van der Waals surface area (Å²) in [5, 5.41) is 53.4. The maximum Gasteiger partial charge on any atom is 0.335 e. The molecule has 3 aliphatic heterocycles. The van der Waals surface area contributed by atoms with Crippen molar-refractivity contribution < 1.29 is 59.2 Å². The lowest BCUT2D eigenvalue weighted by molar-refractivity contribution is -0.165. The Morgan fingerprint density at radius 3 is 2.02 bits per heavy atom. The van der Waals surface area contributed by atoms with Crippen molar-refractivity contribution in [1.29, 1.82) is 0 Å². The lowest BCUT2D eigenvalue weighted by Gasteiger charge is -2.37. The summed E-state index contributed by atoms with van der Waals surface area (Å²) in [4.78, 5) is 40.1. The Bertz CT molecular complexity index is 2250. The molecule has 0 saturated heterocycles. The molecule has 0 spiro atoms. The number of anilines is 2. The number of carbonyl (C=O) groups excluding carboxylic acids is 1. The number of benzene rings is 4. The third-order valence-corrected chi connectivity index (χ3v) is 11.5. The van der Waals surface area contributed by atoms with Crippen molar-refractivity contribution in [2.45, 2.75) is 86.8 Å². The fourth-order valence-corrected chi connectivity index (χ4v) is 8.36. The van der Waals surface area contributed by atoms with E-state index in [1.54, 1.807) is 27.0 Å². The number of carbonyl (C=O) groups is 3. The van der Waals surface area contributed by atoms with Gasteiger partial charge in [-0.05, 0) is 102 Å². The van der Waals surface area contributed by atoms with Crippen molar-refractivity contribution >= 4 is 46.9 Å². The predicted molar refractivity (Wildman–Crippen MR) is 236 cm³/mol. The van der Waals surface area contributed by atoms with Crippen molar-refractivity contribution in [3.63, 3.8) is 0 Å². The second-order valence-corrected chi connectivity index (χ2v) is 17.9. The largest absolute Gasteiger partial charge is 0.507 e. The highest BCUT2D eigenvalue weighted by Gasteiger charge is 2.37. The van der Waals surface area contributed by atoms with Gasteiger partial charge in [0.1, 0.15) is 34.2 Å². The van der Waals surface area contributed by atoms with E-state index in [4.69, 9.17) is 34.6 Å². The van der Waals surface area contributed by atoms with Crippen LogP contribution >= 0.6 is 11.8 Å². The number of hydrogen-bond donors (Lipinski definition) is 6. The molecule has 0 amide bonds. The highest BCUT2D eigenvalue weighted by Crippen LogP contribution is 2.48. The van der Waals surface area contributed by atoms with Gasteiger partial charge in [-0.2, -0.15) is 0 Å². The number of Topliss-reactive ketones (excluding diaryl/α,β-unsaturated/α-hetero) is 1. The van der Waals surface area contributed by atoms with E-state index in [0.717, 1.165) is 18.7 Å². The Morgan fingerprint density at radius 1 is 0.887 bits per heavy atom. The number of phenols is 1. The van der Waals surface area contributed by atoms with Crippen molar-refractivity contribution in [3.8, 4) is 23.0 Å². The number of carboxylic acid groups (broad SMARTS) is 2. The second kappa shape index (κ2) is 19.6. The van der Waals surface area contributed by atoms with Crippen LogP contribution in [0.4, 0.5) is 11.4 Å². The van der Waals surface area contributed by atoms with Crippen LogP contribution in [-0.2, 0) is 22.4 Å². The summed E-state index contributed by atoms with van der Waals surface area (Å²) in [6.45, 7) is 12.0. The molecule has 0 bridgehead atoms. The van der Waals surface area contributed by atoms with Gasteiger partial charge < -0.3 is 54.6 Å². The molecule has 4 unspecified atom stereocenters. The monoisotopic (exact) mass is 872 g/mol. The SMILES string of the molecule is CC(CN(C)C)CN1c2ccccc2Sc2ccccc21.COc1c(CC(=O)c2cc3c(cc2O)OC(C)(C)C(O)C3)ccc2c1C=CC(C)(C)O2.O=C(O)C(O)C(O)C(=O)O. The zero-order valence-corrected chi connectivity index (χ0v) is 37.0. The number of carboxylic acids is 2. The molecule has 0 aliphatic carbocycles. The standard InChI is InChI=1S/C25H28O6.C18H22N2S.C4H6O6/c1-24(2)9-8-16-20(30-24)7-6-14(23(16)29-5)11-18(26)17-10-15-12-22(28)25(3,4)31-21(15)13-19(17)27;1-14(12-19(2)3)13-20-15-8-4-6-10-17(15)21-18-11-7-5-9-16(18)20;5-1(3(7)8)2(6)4(9)10/h6-10,13,22,27-28H,11-12H2,1-5H3;4-11,14H,12-13H2,1-3H3;1-2,5-6H,(H,7,8)(H,9,10). The van der Waals surface area contributed by atoms with Crippen LogP contribution in [0.1, 0.15) is 61.7 Å². The van der Waals surface area contributed by atoms with Crippen molar-refractivity contribution in [2.24, 2.45) is 5.92 Å². The fourth-order valence-electron chi connectivity index (χ4n) is 7.26. The molecule has 3 heterocycles. The van der Waals surface area contributed by atoms with Gasteiger partial charge in [0.25, 0.3) is 0 Å². The molecule has 0 radical (unpaired) electrons. The number of ketones is 1. The first-order chi connectivity index (χ1) is 29.1. The number of phenolic OH excluding ortho intramolecular Hbond substituents is 1. The molecule has 4 aromatic carbocycles. The van der Waals surface area contributed by atoms with E-state index in [2.05, 4.69) is 79.3 Å². The van der Waals surface area contributed by atoms with Gasteiger partial charge in [0.2, 0.25) is 0 Å². The van der Waals surface area contributed by atoms with E-state index in [0.29, 0.717) is 40.7 Å². The Kier molecular flexibility index (Phi) is 15.0. The first-order valence-corrected chi connectivity index (χ1v) is 20.9. The minimum absolute atomic E-state index is 0.0505. The number of fused-ring (bicyclic) bond motifs is 4. The molecule has 14 nitrogen and oxygen atoms in total. The lowest BCUT2D eigenvalue weighted by Crippen LogP contribution is -2.46. The van der Waals surface area contributed by atoms with Gasteiger partial charge in [-0.25, -0.2) is 9.59 Å². The normalized spacial score (nSPS) is 17.6. The van der Waals surface area contributed by atoms with Crippen LogP contribution in [-0.4, -0.2) is 117 Å². The average molecular weight is 873 g/mol. The van der Waals surface area contributed by atoms with Gasteiger partial charge in [-0.15, -0.1) is 0 Å². The Labute approximate surface area is 366 Å².